The van der Waals surface area contributed by atoms with E-state index in [0.717, 1.165) is 4.47 Å². The lowest BCUT2D eigenvalue weighted by atomic mass is 10.0. The summed E-state index contributed by atoms with van der Waals surface area (Å²) >= 11 is 3.26. The zero-order valence-electron chi connectivity index (χ0n) is 8.21. The summed E-state index contributed by atoms with van der Waals surface area (Å²) in [5, 5.41) is 0. The molecule has 0 unspecified atom stereocenters. The highest BCUT2D eigenvalue weighted by molar-refractivity contribution is 9.10. The van der Waals surface area contributed by atoms with Crippen molar-refractivity contribution in [1.29, 1.82) is 0 Å². The van der Waals surface area contributed by atoms with Gasteiger partial charge in [-0.15, -0.1) is 0 Å². The van der Waals surface area contributed by atoms with E-state index in [-0.39, 0.29) is 6.42 Å². The normalized spacial score (nSPS) is 12.9. The first-order valence-corrected chi connectivity index (χ1v) is 5.21. The van der Waals surface area contributed by atoms with E-state index in [1.165, 1.54) is 7.11 Å². The van der Waals surface area contributed by atoms with Crippen molar-refractivity contribution in [1.82, 2.24) is 0 Å². The number of methoxy groups -OCH3 is 1. The Morgan fingerprint density at radius 3 is 2.67 bits per heavy atom. The topological polar surface area (TPSA) is 35.2 Å². The third-order valence-electron chi connectivity index (χ3n) is 2.02. The van der Waals surface area contributed by atoms with Crippen LogP contribution in [0.3, 0.4) is 0 Å². The van der Waals surface area contributed by atoms with Crippen molar-refractivity contribution in [3.05, 3.63) is 28.2 Å². The van der Waals surface area contributed by atoms with E-state index in [1.54, 1.807) is 18.2 Å². The second kappa shape index (κ2) is 5.42. The molecule has 2 N–H and O–H groups in total. The summed E-state index contributed by atoms with van der Waals surface area (Å²) in [6, 6.07) is 4.46. The summed E-state index contributed by atoms with van der Waals surface area (Å²) in [5.74, 6) is 0.534. The number of halogens is 3. The fraction of sp³-hybridized carbons (Fsp3) is 0.400. The number of alkyl halides is 2. The van der Waals surface area contributed by atoms with Gasteiger partial charge in [0.2, 0.25) is 6.43 Å². The molecule has 0 aliphatic rings. The predicted octanol–water partition coefficient (Wildman–Crippen LogP) is 3.11. The SMILES string of the molecule is COc1ccc(Br)cc1[C@H](N)CC(F)F. The number of rotatable bonds is 4. The van der Waals surface area contributed by atoms with Gasteiger partial charge in [-0.3, -0.25) is 0 Å². The minimum absolute atomic E-state index is 0.368. The van der Waals surface area contributed by atoms with Gasteiger partial charge < -0.3 is 10.5 Å². The molecule has 0 aromatic heterocycles. The van der Waals surface area contributed by atoms with Gasteiger partial charge in [-0.2, -0.15) is 0 Å². The number of ether oxygens (including phenoxy) is 1. The fourth-order valence-electron chi connectivity index (χ4n) is 1.31. The highest BCUT2D eigenvalue weighted by Gasteiger charge is 2.16. The molecule has 15 heavy (non-hydrogen) atoms. The molecule has 0 aliphatic carbocycles. The van der Waals surface area contributed by atoms with Crippen LogP contribution in [0.5, 0.6) is 5.75 Å². The van der Waals surface area contributed by atoms with Crippen LogP contribution in [0.25, 0.3) is 0 Å². The van der Waals surface area contributed by atoms with Gasteiger partial charge in [0.05, 0.1) is 7.11 Å². The fourth-order valence-corrected chi connectivity index (χ4v) is 1.69. The molecule has 0 aliphatic heterocycles. The second-order valence-corrected chi connectivity index (χ2v) is 4.04. The first-order valence-electron chi connectivity index (χ1n) is 4.41. The van der Waals surface area contributed by atoms with Crippen molar-refractivity contribution in [3.63, 3.8) is 0 Å². The summed E-state index contributed by atoms with van der Waals surface area (Å²) in [6.07, 6.45) is -2.78. The van der Waals surface area contributed by atoms with E-state index in [1.807, 2.05) is 0 Å². The Hall–Kier alpha value is -0.680. The zero-order chi connectivity index (χ0) is 11.4. The lowest BCUT2D eigenvalue weighted by molar-refractivity contribution is 0.128. The molecule has 0 radical (unpaired) electrons. The number of nitrogens with two attached hydrogens (primary N) is 1. The Morgan fingerprint density at radius 2 is 2.13 bits per heavy atom. The summed E-state index contributed by atoms with van der Waals surface area (Å²) in [7, 11) is 1.49. The van der Waals surface area contributed by atoms with E-state index in [0.29, 0.717) is 11.3 Å². The minimum atomic E-state index is -2.41. The van der Waals surface area contributed by atoms with Gasteiger partial charge in [0.1, 0.15) is 5.75 Å². The van der Waals surface area contributed by atoms with Crippen molar-refractivity contribution >= 4 is 15.9 Å². The van der Waals surface area contributed by atoms with Crippen molar-refractivity contribution in [3.8, 4) is 5.75 Å². The minimum Gasteiger partial charge on any atom is -0.496 e. The highest BCUT2D eigenvalue weighted by atomic mass is 79.9. The van der Waals surface area contributed by atoms with Crippen molar-refractivity contribution in [2.24, 2.45) is 5.73 Å². The maximum absolute atomic E-state index is 12.2. The molecule has 0 bridgehead atoms. The van der Waals surface area contributed by atoms with Crippen molar-refractivity contribution in [2.45, 2.75) is 18.9 Å². The van der Waals surface area contributed by atoms with E-state index in [4.69, 9.17) is 10.5 Å². The Labute approximate surface area is 95.5 Å². The number of hydrogen-bond donors (Lipinski definition) is 1. The Balaban J connectivity index is 2.94. The third kappa shape index (κ3) is 3.43. The first-order chi connectivity index (χ1) is 7.04. The van der Waals surface area contributed by atoms with Gasteiger partial charge in [-0.05, 0) is 18.2 Å². The van der Waals surface area contributed by atoms with Crippen LogP contribution in [0.15, 0.2) is 22.7 Å². The first kappa shape index (κ1) is 12.4. The summed E-state index contributed by atoms with van der Waals surface area (Å²) in [6.45, 7) is 0. The molecule has 1 atom stereocenters. The van der Waals surface area contributed by atoms with Gasteiger partial charge in [0.15, 0.2) is 0 Å². The van der Waals surface area contributed by atoms with Crippen LogP contribution in [0.2, 0.25) is 0 Å². The number of hydrogen-bond acceptors (Lipinski definition) is 2. The van der Waals surface area contributed by atoms with Crippen LogP contribution in [-0.2, 0) is 0 Å². The largest absolute Gasteiger partial charge is 0.496 e. The van der Waals surface area contributed by atoms with Crippen molar-refractivity contribution in [2.75, 3.05) is 7.11 Å². The lowest BCUT2D eigenvalue weighted by Crippen LogP contribution is -2.15. The van der Waals surface area contributed by atoms with Gasteiger partial charge in [-0.25, -0.2) is 8.78 Å². The Kier molecular flexibility index (Phi) is 4.47. The van der Waals surface area contributed by atoms with Gasteiger partial charge in [-0.1, -0.05) is 15.9 Å². The van der Waals surface area contributed by atoms with Gasteiger partial charge in [0, 0.05) is 22.5 Å². The van der Waals surface area contributed by atoms with Crippen LogP contribution in [-0.4, -0.2) is 13.5 Å². The van der Waals surface area contributed by atoms with E-state index in [2.05, 4.69) is 15.9 Å². The molecule has 0 saturated heterocycles. The quantitative estimate of drug-likeness (QED) is 0.919. The van der Waals surface area contributed by atoms with Crippen LogP contribution < -0.4 is 10.5 Å². The molecule has 5 heteroatoms. The van der Waals surface area contributed by atoms with Gasteiger partial charge in [0.25, 0.3) is 0 Å². The average Bonchev–Trinajstić information content (AvgIpc) is 2.16. The summed E-state index contributed by atoms with van der Waals surface area (Å²) in [5.41, 5.74) is 6.25. The summed E-state index contributed by atoms with van der Waals surface area (Å²) in [4.78, 5) is 0. The smallest absolute Gasteiger partial charge is 0.240 e. The average molecular weight is 280 g/mol. The maximum Gasteiger partial charge on any atom is 0.240 e. The molecule has 1 aromatic rings. The van der Waals surface area contributed by atoms with Crippen molar-refractivity contribution < 1.29 is 13.5 Å². The highest BCUT2D eigenvalue weighted by Crippen LogP contribution is 2.30. The van der Waals surface area contributed by atoms with E-state index >= 15 is 0 Å². The molecule has 1 aromatic carbocycles. The molecule has 2 nitrogen and oxygen atoms in total. The Morgan fingerprint density at radius 1 is 1.47 bits per heavy atom. The van der Waals surface area contributed by atoms with Crippen LogP contribution in [0, 0.1) is 0 Å². The molecular weight excluding hydrogens is 268 g/mol. The molecule has 0 saturated carbocycles. The Bertz CT molecular complexity index is 333. The molecular formula is C10H12BrF2NO. The molecule has 84 valence electrons. The summed E-state index contributed by atoms with van der Waals surface area (Å²) < 4.78 is 30.2. The molecule has 0 fully saturated rings. The standard InChI is InChI=1S/C10H12BrF2NO/c1-15-9-3-2-6(11)4-7(9)8(14)5-10(12)13/h2-4,8,10H,5,14H2,1H3/t8-/m1/s1. The zero-order valence-corrected chi connectivity index (χ0v) is 9.80. The monoisotopic (exact) mass is 279 g/mol. The van der Waals surface area contributed by atoms with Crippen LogP contribution >= 0.6 is 15.9 Å². The predicted molar refractivity (Wildman–Crippen MR) is 58.2 cm³/mol. The van der Waals surface area contributed by atoms with Crippen LogP contribution in [0.1, 0.15) is 18.0 Å². The molecule has 1 rings (SSSR count). The molecule has 0 amide bonds. The van der Waals surface area contributed by atoms with E-state index < -0.39 is 12.5 Å². The molecule has 0 spiro atoms. The lowest BCUT2D eigenvalue weighted by Gasteiger charge is -2.15. The second-order valence-electron chi connectivity index (χ2n) is 3.12. The maximum atomic E-state index is 12.2. The third-order valence-corrected chi connectivity index (χ3v) is 2.52. The number of benzene rings is 1. The van der Waals surface area contributed by atoms with Gasteiger partial charge >= 0.3 is 0 Å². The van der Waals surface area contributed by atoms with E-state index in [9.17, 15) is 8.78 Å². The van der Waals surface area contributed by atoms with Crippen LogP contribution in [0.4, 0.5) is 8.78 Å². The molecule has 0 heterocycles.